The average Bonchev–Trinajstić information content (AvgIpc) is 3.42. The van der Waals surface area contributed by atoms with E-state index in [1.54, 1.807) is 23.0 Å². The number of carbonyl (C=O) groups excluding carboxylic acids is 5. The minimum Gasteiger partial charge on any atom is -0.467 e. The molecule has 1 aliphatic heterocycles. The van der Waals surface area contributed by atoms with Gasteiger partial charge in [-0.25, -0.2) is 9.59 Å². The lowest BCUT2D eigenvalue weighted by atomic mass is 10.0. The second-order valence-electron chi connectivity index (χ2n) is 10.5. The summed E-state index contributed by atoms with van der Waals surface area (Å²) in [6, 6.07) is 5.80. The normalized spacial score (nSPS) is 20.8. The van der Waals surface area contributed by atoms with Crippen molar-refractivity contribution >= 4 is 29.8 Å². The SMILES string of the molecule is COC(=O)[C@@H]1CCC(=O)NCCCn2cc(nn2)C[C@H](NC(=O)OCc2ccccc2)C(=O)N[C@@H](CC(C)C)C(=O)N1. The van der Waals surface area contributed by atoms with Crippen molar-refractivity contribution in [1.82, 2.24) is 36.3 Å². The number of ether oxygens (including phenoxy) is 2. The van der Waals surface area contributed by atoms with E-state index in [-0.39, 0.29) is 44.1 Å². The fourth-order valence-electron chi connectivity index (χ4n) is 4.34. The van der Waals surface area contributed by atoms with Crippen molar-refractivity contribution < 1.29 is 33.4 Å². The highest BCUT2D eigenvalue weighted by molar-refractivity contribution is 5.93. The van der Waals surface area contributed by atoms with Gasteiger partial charge >= 0.3 is 12.1 Å². The Labute approximate surface area is 244 Å². The highest BCUT2D eigenvalue weighted by Gasteiger charge is 2.31. The number of esters is 1. The van der Waals surface area contributed by atoms with Gasteiger partial charge in [0.1, 0.15) is 24.7 Å². The van der Waals surface area contributed by atoms with E-state index in [1.807, 2.05) is 32.0 Å². The number of nitrogens with one attached hydrogen (secondary N) is 4. The first-order valence-corrected chi connectivity index (χ1v) is 14.0. The molecule has 1 aromatic heterocycles. The van der Waals surface area contributed by atoms with Gasteiger partial charge in [-0.05, 0) is 30.7 Å². The molecule has 4 N–H and O–H groups in total. The smallest absolute Gasteiger partial charge is 0.408 e. The monoisotopic (exact) mass is 585 g/mol. The molecule has 0 saturated carbocycles. The first kappa shape index (κ1) is 32.0. The van der Waals surface area contributed by atoms with E-state index >= 15 is 0 Å². The Morgan fingerprint density at radius 3 is 2.60 bits per heavy atom. The van der Waals surface area contributed by atoms with Crippen LogP contribution in [-0.2, 0) is 48.2 Å². The number of aromatic nitrogens is 3. The number of amides is 4. The largest absolute Gasteiger partial charge is 0.467 e. The molecule has 0 unspecified atom stereocenters. The third-order valence-corrected chi connectivity index (χ3v) is 6.51. The Hall–Kier alpha value is -4.49. The standard InChI is InChI=1S/C28H39N7O7/c1-18(2)14-22-25(37)30-21(27(39)41-3)10-11-24(36)29-12-7-13-35-16-20(33-34-35)15-23(26(38)31-22)32-28(40)42-17-19-8-5-4-6-9-19/h4-6,8-9,16,18,21-23H,7,10-15,17H2,1-3H3,(H,29,36)(H,30,37)(H,31,38)(H,32,40)/t21-,22-,23-/m0/s1. The first-order valence-electron chi connectivity index (χ1n) is 14.0. The van der Waals surface area contributed by atoms with Crippen LogP contribution in [0.4, 0.5) is 4.79 Å². The number of aryl methyl sites for hydroxylation is 1. The van der Waals surface area contributed by atoms with Crippen molar-refractivity contribution in [3.8, 4) is 0 Å². The molecule has 2 bridgehead atoms. The molecule has 1 aromatic carbocycles. The van der Waals surface area contributed by atoms with Crippen LogP contribution in [0.2, 0.25) is 0 Å². The summed E-state index contributed by atoms with van der Waals surface area (Å²) in [5.41, 5.74) is 1.20. The van der Waals surface area contributed by atoms with Gasteiger partial charge in [-0.3, -0.25) is 19.1 Å². The van der Waals surface area contributed by atoms with Gasteiger partial charge in [-0.15, -0.1) is 5.10 Å². The van der Waals surface area contributed by atoms with Gasteiger partial charge in [-0.1, -0.05) is 49.4 Å². The van der Waals surface area contributed by atoms with Gasteiger partial charge in [-0.2, -0.15) is 0 Å². The minimum atomic E-state index is -1.14. The Morgan fingerprint density at radius 2 is 1.88 bits per heavy atom. The molecule has 0 fully saturated rings. The molecule has 1 aliphatic rings. The summed E-state index contributed by atoms with van der Waals surface area (Å²) < 4.78 is 11.7. The predicted molar refractivity (Wildman–Crippen MR) is 149 cm³/mol. The molecule has 14 heteroatoms. The lowest BCUT2D eigenvalue weighted by Gasteiger charge is -2.25. The topological polar surface area (TPSA) is 183 Å². The van der Waals surface area contributed by atoms with Crippen LogP contribution in [-0.4, -0.2) is 76.6 Å². The zero-order chi connectivity index (χ0) is 30.5. The number of fused-ring (bicyclic) bond motifs is 2. The Morgan fingerprint density at radius 1 is 1.12 bits per heavy atom. The van der Waals surface area contributed by atoms with Crippen LogP contribution in [0.1, 0.15) is 50.8 Å². The van der Waals surface area contributed by atoms with Crippen molar-refractivity contribution in [3.05, 3.63) is 47.8 Å². The van der Waals surface area contributed by atoms with Crippen molar-refractivity contribution in [3.63, 3.8) is 0 Å². The second kappa shape index (κ2) is 16.1. The van der Waals surface area contributed by atoms with Crippen LogP contribution in [0.15, 0.2) is 36.5 Å². The van der Waals surface area contributed by atoms with E-state index in [0.29, 0.717) is 25.2 Å². The molecular formula is C28H39N7O7. The van der Waals surface area contributed by atoms with Gasteiger partial charge in [0.2, 0.25) is 17.7 Å². The zero-order valence-corrected chi connectivity index (χ0v) is 24.1. The molecule has 4 amide bonds. The average molecular weight is 586 g/mol. The molecule has 3 rings (SSSR count). The molecule has 228 valence electrons. The molecule has 0 aliphatic carbocycles. The number of nitrogens with zero attached hydrogens (tertiary/aromatic N) is 3. The lowest BCUT2D eigenvalue weighted by Crippen LogP contribution is -2.56. The van der Waals surface area contributed by atoms with Gasteiger partial charge < -0.3 is 30.7 Å². The molecule has 3 atom stereocenters. The third-order valence-electron chi connectivity index (χ3n) is 6.51. The Bertz CT molecular complexity index is 1220. The third kappa shape index (κ3) is 10.5. The maximum Gasteiger partial charge on any atom is 0.408 e. The summed E-state index contributed by atoms with van der Waals surface area (Å²) in [6.45, 7) is 4.57. The van der Waals surface area contributed by atoms with Crippen LogP contribution in [0.5, 0.6) is 0 Å². The van der Waals surface area contributed by atoms with Gasteiger partial charge in [0.05, 0.1) is 12.8 Å². The molecule has 0 saturated heterocycles. The van der Waals surface area contributed by atoms with E-state index in [2.05, 4.69) is 31.6 Å². The van der Waals surface area contributed by atoms with Crippen LogP contribution >= 0.6 is 0 Å². The molecule has 2 aromatic rings. The number of hydrogen-bond acceptors (Lipinski definition) is 9. The number of hydrogen-bond donors (Lipinski definition) is 4. The summed E-state index contributed by atoms with van der Waals surface area (Å²) in [5, 5.41) is 18.9. The maximum atomic E-state index is 13.5. The molecule has 14 nitrogen and oxygen atoms in total. The first-order chi connectivity index (χ1) is 20.1. The summed E-state index contributed by atoms with van der Waals surface area (Å²) >= 11 is 0. The second-order valence-corrected chi connectivity index (χ2v) is 10.5. The maximum absolute atomic E-state index is 13.5. The van der Waals surface area contributed by atoms with Crippen molar-refractivity contribution in [2.24, 2.45) is 5.92 Å². The van der Waals surface area contributed by atoms with Crippen LogP contribution in [0.3, 0.4) is 0 Å². The van der Waals surface area contributed by atoms with Crippen molar-refractivity contribution in [2.75, 3.05) is 13.7 Å². The highest BCUT2D eigenvalue weighted by Crippen LogP contribution is 2.10. The fourth-order valence-corrected chi connectivity index (χ4v) is 4.34. The van der Waals surface area contributed by atoms with Crippen molar-refractivity contribution in [2.45, 2.75) is 77.2 Å². The van der Waals surface area contributed by atoms with Gasteiger partial charge in [0.15, 0.2) is 0 Å². The highest BCUT2D eigenvalue weighted by atomic mass is 16.5. The number of methoxy groups -OCH3 is 1. The molecule has 0 spiro atoms. The van der Waals surface area contributed by atoms with Gasteiger partial charge in [0.25, 0.3) is 0 Å². The predicted octanol–water partition coefficient (Wildman–Crippen LogP) is 0.604. The Kier molecular flexibility index (Phi) is 12.3. The molecule has 42 heavy (non-hydrogen) atoms. The summed E-state index contributed by atoms with van der Waals surface area (Å²) in [5.74, 6) is -2.26. The van der Waals surface area contributed by atoms with E-state index in [0.717, 1.165) is 5.56 Å². The van der Waals surface area contributed by atoms with E-state index in [1.165, 1.54) is 7.11 Å². The van der Waals surface area contributed by atoms with E-state index in [4.69, 9.17) is 9.47 Å². The number of benzene rings is 1. The quantitative estimate of drug-likeness (QED) is 0.353. The van der Waals surface area contributed by atoms with E-state index in [9.17, 15) is 24.0 Å². The lowest BCUT2D eigenvalue weighted by molar-refractivity contribution is -0.145. The summed E-state index contributed by atoms with van der Waals surface area (Å²) in [7, 11) is 1.19. The molecule has 2 heterocycles. The zero-order valence-electron chi connectivity index (χ0n) is 24.1. The van der Waals surface area contributed by atoms with Crippen LogP contribution < -0.4 is 21.3 Å². The summed E-state index contributed by atoms with van der Waals surface area (Å²) in [6.07, 6.45) is 1.59. The Balaban J connectivity index is 1.83. The van der Waals surface area contributed by atoms with Crippen molar-refractivity contribution in [1.29, 1.82) is 0 Å². The number of alkyl carbamates (subject to hydrolysis) is 1. The minimum absolute atomic E-state index is 0.00102. The fraction of sp³-hybridized carbons (Fsp3) is 0.536. The van der Waals surface area contributed by atoms with E-state index < -0.39 is 42.0 Å². The molecule has 0 radical (unpaired) electrons. The number of carbonyl (C=O) groups is 5. The van der Waals surface area contributed by atoms with Crippen LogP contribution in [0.25, 0.3) is 0 Å². The number of rotatable bonds is 6. The van der Waals surface area contributed by atoms with Crippen LogP contribution in [0, 0.1) is 5.92 Å². The van der Waals surface area contributed by atoms with Gasteiger partial charge in [0, 0.05) is 32.1 Å². The summed E-state index contributed by atoms with van der Waals surface area (Å²) in [4.78, 5) is 64.3. The molecular weight excluding hydrogens is 546 g/mol.